The quantitative estimate of drug-likeness (QED) is 0.684. The summed E-state index contributed by atoms with van der Waals surface area (Å²) in [7, 11) is 1.68. The Hall–Kier alpha value is -0.810. The molecule has 0 saturated carbocycles. The number of halogens is 1. The van der Waals surface area contributed by atoms with E-state index in [0.717, 1.165) is 18.7 Å². The Morgan fingerprint density at radius 2 is 2.16 bits per heavy atom. The van der Waals surface area contributed by atoms with Gasteiger partial charge in [-0.15, -0.1) is 0 Å². The van der Waals surface area contributed by atoms with Gasteiger partial charge in [-0.05, 0) is 24.6 Å². The van der Waals surface area contributed by atoms with E-state index in [2.05, 4.69) is 5.32 Å². The fraction of sp³-hybridized carbons (Fsp3) is 0.571. The molecule has 0 aliphatic carbocycles. The zero-order valence-corrected chi connectivity index (χ0v) is 12.2. The molecule has 0 bridgehead atoms. The highest BCUT2D eigenvalue weighted by molar-refractivity contribution is 6.32. The Labute approximate surface area is 119 Å². The maximum Gasteiger partial charge on any atom is 0.137 e. The average Bonchev–Trinajstić information content (AvgIpc) is 2.37. The molecular weight excluding hydrogens is 266 g/mol. The summed E-state index contributed by atoms with van der Waals surface area (Å²) in [5.74, 6) is 0.656. The van der Waals surface area contributed by atoms with Crippen molar-refractivity contribution in [2.45, 2.75) is 26.0 Å². The van der Waals surface area contributed by atoms with Crippen LogP contribution in [-0.2, 0) is 11.3 Å². The van der Waals surface area contributed by atoms with E-state index in [0.29, 0.717) is 30.4 Å². The van der Waals surface area contributed by atoms with E-state index in [9.17, 15) is 0 Å². The van der Waals surface area contributed by atoms with Gasteiger partial charge in [0.05, 0.1) is 24.3 Å². The van der Waals surface area contributed by atoms with Gasteiger partial charge >= 0.3 is 0 Å². The number of benzene rings is 1. The molecule has 0 radical (unpaired) electrons. The first-order valence-electron chi connectivity index (χ1n) is 6.42. The normalized spacial score (nSPS) is 12.4. The molecule has 0 amide bonds. The standard InChI is InChI=1S/C14H22ClNO3/c1-11(17)5-7-19-14-4-3-12(9-13(14)15)10-16-6-8-18-2/h3-4,9,11,16-17H,5-8,10H2,1-2H3. The lowest BCUT2D eigenvalue weighted by Crippen LogP contribution is -2.18. The van der Waals surface area contributed by atoms with Gasteiger partial charge in [-0.3, -0.25) is 0 Å². The van der Waals surface area contributed by atoms with E-state index in [1.165, 1.54) is 0 Å². The third-order valence-electron chi connectivity index (χ3n) is 2.60. The van der Waals surface area contributed by atoms with Gasteiger partial charge in [0, 0.05) is 26.6 Å². The number of ether oxygens (including phenoxy) is 2. The van der Waals surface area contributed by atoms with Crippen molar-refractivity contribution in [2.24, 2.45) is 0 Å². The molecule has 0 aliphatic heterocycles. The third kappa shape index (κ3) is 6.78. The largest absolute Gasteiger partial charge is 0.492 e. The van der Waals surface area contributed by atoms with Gasteiger partial charge in [0.25, 0.3) is 0 Å². The molecule has 19 heavy (non-hydrogen) atoms. The van der Waals surface area contributed by atoms with E-state index < -0.39 is 0 Å². The molecule has 0 aliphatic rings. The van der Waals surface area contributed by atoms with Crippen LogP contribution in [0.5, 0.6) is 5.75 Å². The topological polar surface area (TPSA) is 50.7 Å². The summed E-state index contributed by atoms with van der Waals surface area (Å²) in [5.41, 5.74) is 1.10. The van der Waals surface area contributed by atoms with Crippen molar-refractivity contribution in [3.63, 3.8) is 0 Å². The molecule has 0 spiro atoms. The number of aliphatic hydroxyl groups is 1. The van der Waals surface area contributed by atoms with Crippen LogP contribution in [0.25, 0.3) is 0 Å². The SMILES string of the molecule is COCCNCc1ccc(OCCC(C)O)c(Cl)c1. The first-order chi connectivity index (χ1) is 9.13. The van der Waals surface area contributed by atoms with Gasteiger partial charge < -0.3 is 19.9 Å². The maximum atomic E-state index is 9.15. The molecule has 0 fully saturated rings. The molecule has 1 rings (SSSR count). The molecule has 1 aromatic carbocycles. The summed E-state index contributed by atoms with van der Waals surface area (Å²) in [6.07, 6.45) is 0.236. The molecule has 1 atom stereocenters. The Morgan fingerprint density at radius 3 is 2.79 bits per heavy atom. The van der Waals surface area contributed by atoms with Gasteiger partial charge in [0.2, 0.25) is 0 Å². The molecule has 0 heterocycles. The van der Waals surface area contributed by atoms with Crippen molar-refractivity contribution in [3.05, 3.63) is 28.8 Å². The zero-order chi connectivity index (χ0) is 14.1. The van der Waals surface area contributed by atoms with Crippen molar-refractivity contribution in [3.8, 4) is 5.75 Å². The summed E-state index contributed by atoms with van der Waals surface area (Å²) in [6, 6.07) is 5.72. The van der Waals surface area contributed by atoms with Gasteiger partial charge in [0.15, 0.2) is 0 Å². The fourth-order valence-electron chi connectivity index (χ4n) is 1.52. The Bertz CT molecular complexity index is 372. The number of methoxy groups -OCH3 is 1. The first-order valence-corrected chi connectivity index (χ1v) is 6.80. The summed E-state index contributed by atoms with van der Waals surface area (Å²) in [6.45, 7) is 4.44. The highest BCUT2D eigenvalue weighted by Gasteiger charge is 2.04. The smallest absolute Gasteiger partial charge is 0.137 e. The minimum Gasteiger partial charge on any atom is -0.492 e. The highest BCUT2D eigenvalue weighted by Crippen LogP contribution is 2.25. The van der Waals surface area contributed by atoms with Gasteiger partial charge in [-0.25, -0.2) is 0 Å². The molecule has 108 valence electrons. The molecule has 1 unspecified atom stereocenters. The minimum atomic E-state index is -0.358. The summed E-state index contributed by atoms with van der Waals surface area (Å²) in [5, 5.41) is 13.0. The molecule has 0 saturated heterocycles. The number of aliphatic hydroxyl groups excluding tert-OH is 1. The van der Waals surface area contributed by atoms with Crippen LogP contribution in [0.15, 0.2) is 18.2 Å². The maximum absolute atomic E-state index is 9.15. The second-order valence-electron chi connectivity index (χ2n) is 4.42. The lowest BCUT2D eigenvalue weighted by atomic mass is 10.2. The molecule has 2 N–H and O–H groups in total. The molecule has 4 nitrogen and oxygen atoms in total. The highest BCUT2D eigenvalue weighted by atomic mass is 35.5. The first kappa shape index (κ1) is 16.2. The van der Waals surface area contributed by atoms with Gasteiger partial charge in [-0.1, -0.05) is 17.7 Å². The molecular formula is C14H22ClNO3. The lowest BCUT2D eigenvalue weighted by Gasteiger charge is -2.11. The second-order valence-corrected chi connectivity index (χ2v) is 4.83. The van der Waals surface area contributed by atoms with Crippen molar-refractivity contribution in [2.75, 3.05) is 26.9 Å². The second kappa shape index (κ2) is 9.15. The Morgan fingerprint density at radius 1 is 1.37 bits per heavy atom. The van der Waals surface area contributed by atoms with Crippen LogP contribution in [-0.4, -0.2) is 38.1 Å². The van der Waals surface area contributed by atoms with Gasteiger partial charge in [0.1, 0.15) is 5.75 Å². The number of hydrogen-bond donors (Lipinski definition) is 2. The molecule has 5 heteroatoms. The van der Waals surface area contributed by atoms with Crippen LogP contribution in [0.4, 0.5) is 0 Å². The van der Waals surface area contributed by atoms with Crippen molar-refractivity contribution < 1.29 is 14.6 Å². The Balaban J connectivity index is 2.40. The van der Waals surface area contributed by atoms with Crippen molar-refractivity contribution in [1.82, 2.24) is 5.32 Å². The monoisotopic (exact) mass is 287 g/mol. The summed E-state index contributed by atoms with van der Waals surface area (Å²) < 4.78 is 10.5. The van der Waals surface area contributed by atoms with Crippen molar-refractivity contribution >= 4 is 11.6 Å². The van der Waals surface area contributed by atoms with Crippen LogP contribution >= 0.6 is 11.6 Å². The van der Waals surface area contributed by atoms with Crippen LogP contribution < -0.4 is 10.1 Å². The van der Waals surface area contributed by atoms with Crippen LogP contribution in [0.3, 0.4) is 0 Å². The Kier molecular flexibility index (Phi) is 7.82. The summed E-state index contributed by atoms with van der Waals surface area (Å²) in [4.78, 5) is 0. The molecule has 1 aromatic rings. The van der Waals surface area contributed by atoms with E-state index in [1.807, 2.05) is 18.2 Å². The van der Waals surface area contributed by atoms with E-state index in [4.69, 9.17) is 26.2 Å². The van der Waals surface area contributed by atoms with Crippen LogP contribution in [0, 0.1) is 0 Å². The van der Waals surface area contributed by atoms with Gasteiger partial charge in [-0.2, -0.15) is 0 Å². The van der Waals surface area contributed by atoms with E-state index in [1.54, 1.807) is 14.0 Å². The fourth-order valence-corrected chi connectivity index (χ4v) is 1.78. The molecule has 0 aromatic heterocycles. The number of hydrogen-bond acceptors (Lipinski definition) is 4. The van der Waals surface area contributed by atoms with E-state index in [-0.39, 0.29) is 6.10 Å². The predicted octanol–water partition coefficient (Wildman–Crippen LogP) is 2.23. The van der Waals surface area contributed by atoms with Crippen LogP contribution in [0.1, 0.15) is 18.9 Å². The minimum absolute atomic E-state index is 0.358. The predicted molar refractivity (Wildman–Crippen MR) is 76.8 cm³/mol. The van der Waals surface area contributed by atoms with Crippen molar-refractivity contribution in [1.29, 1.82) is 0 Å². The number of nitrogens with one attached hydrogen (secondary N) is 1. The average molecular weight is 288 g/mol. The number of rotatable bonds is 9. The summed E-state index contributed by atoms with van der Waals surface area (Å²) >= 11 is 6.14. The van der Waals surface area contributed by atoms with Crippen LogP contribution in [0.2, 0.25) is 5.02 Å². The van der Waals surface area contributed by atoms with E-state index >= 15 is 0 Å². The lowest BCUT2D eigenvalue weighted by molar-refractivity contribution is 0.155. The zero-order valence-electron chi connectivity index (χ0n) is 11.5. The third-order valence-corrected chi connectivity index (χ3v) is 2.90.